The second kappa shape index (κ2) is 9.85. The molecule has 0 saturated heterocycles. The summed E-state index contributed by atoms with van der Waals surface area (Å²) in [5.74, 6) is 0. The first-order valence-electron chi connectivity index (χ1n) is 15.2. The molecule has 7 aromatic carbocycles. The Bertz CT molecular complexity index is 2370. The Labute approximate surface area is 272 Å². The third-order valence-corrected chi connectivity index (χ3v) is 12.7. The molecule has 10 aromatic rings. The highest BCUT2D eigenvalue weighted by atomic mass is 32.1. The normalized spacial score (nSPS) is 12.0. The molecule has 0 amide bonds. The van der Waals surface area contributed by atoms with Crippen LogP contribution in [0.2, 0.25) is 0 Å². The zero-order chi connectivity index (χ0) is 29.5. The highest BCUT2D eigenvalue weighted by Gasteiger charge is 2.19. The van der Waals surface area contributed by atoms with Gasteiger partial charge in [-0.05, 0) is 85.4 Å². The minimum Gasteiger partial charge on any atom is -0.134 e. The molecule has 3 heteroatoms. The van der Waals surface area contributed by atoms with E-state index in [0.717, 1.165) is 0 Å². The summed E-state index contributed by atoms with van der Waals surface area (Å²) in [5, 5.41) is 11.8. The topological polar surface area (TPSA) is 0 Å². The van der Waals surface area contributed by atoms with E-state index in [1.165, 1.54) is 93.9 Å². The highest BCUT2D eigenvalue weighted by molar-refractivity contribution is 7.29. The van der Waals surface area contributed by atoms with Crippen LogP contribution in [0.3, 0.4) is 0 Å². The van der Waals surface area contributed by atoms with Gasteiger partial charge in [-0.15, -0.1) is 34.0 Å². The van der Waals surface area contributed by atoms with E-state index in [-0.39, 0.29) is 0 Å². The van der Waals surface area contributed by atoms with Crippen molar-refractivity contribution in [1.82, 2.24) is 0 Å². The van der Waals surface area contributed by atoms with Gasteiger partial charge in [0.05, 0.1) is 0 Å². The first kappa shape index (κ1) is 25.5. The molecule has 45 heavy (non-hydrogen) atoms. The van der Waals surface area contributed by atoms with Crippen LogP contribution in [0.25, 0.3) is 93.9 Å². The molecule has 0 unspecified atom stereocenters. The molecule has 0 fully saturated rings. The van der Waals surface area contributed by atoms with Gasteiger partial charge in [-0.1, -0.05) is 109 Å². The molecule has 0 bridgehead atoms. The molecule has 0 nitrogen and oxygen atoms in total. The lowest BCUT2D eigenvalue weighted by Crippen LogP contribution is -1.74. The van der Waals surface area contributed by atoms with Gasteiger partial charge in [0.1, 0.15) is 0 Å². The molecule has 0 aliphatic carbocycles. The Hall–Kier alpha value is -4.80. The van der Waals surface area contributed by atoms with E-state index in [4.69, 9.17) is 0 Å². The van der Waals surface area contributed by atoms with Crippen LogP contribution in [0.1, 0.15) is 0 Å². The summed E-state index contributed by atoms with van der Waals surface area (Å²) in [6.45, 7) is 0. The summed E-state index contributed by atoms with van der Waals surface area (Å²) in [5.41, 5.74) is 3.85. The van der Waals surface area contributed by atoms with Crippen LogP contribution in [0.15, 0.2) is 146 Å². The molecule has 10 rings (SSSR count). The zero-order valence-electron chi connectivity index (χ0n) is 24.1. The van der Waals surface area contributed by atoms with Crippen LogP contribution in [0, 0.1) is 0 Å². The van der Waals surface area contributed by atoms with Gasteiger partial charge in [-0.25, -0.2) is 0 Å². The highest BCUT2D eigenvalue weighted by Crippen LogP contribution is 2.51. The first-order valence-corrected chi connectivity index (χ1v) is 17.6. The third-order valence-electron chi connectivity index (χ3n) is 9.03. The summed E-state index contributed by atoms with van der Waals surface area (Å²) in [4.78, 5) is 3.97. The van der Waals surface area contributed by atoms with Gasteiger partial charge >= 0.3 is 0 Å². The van der Waals surface area contributed by atoms with Crippen molar-refractivity contribution in [3.05, 3.63) is 146 Å². The maximum atomic E-state index is 2.44. The van der Waals surface area contributed by atoms with E-state index in [0.29, 0.717) is 0 Å². The van der Waals surface area contributed by atoms with Crippen molar-refractivity contribution < 1.29 is 0 Å². The maximum absolute atomic E-state index is 2.44. The molecular weight excluding hydrogens is 601 g/mol. The summed E-state index contributed by atoms with van der Waals surface area (Å²) >= 11 is 5.80. The molecule has 0 radical (unpaired) electrons. The van der Waals surface area contributed by atoms with Gasteiger partial charge in [-0.2, -0.15) is 0 Å². The Balaban J connectivity index is 1.23. The fourth-order valence-electron chi connectivity index (χ4n) is 6.73. The summed E-state index contributed by atoms with van der Waals surface area (Å²) in [6, 6.07) is 53.9. The van der Waals surface area contributed by atoms with Gasteiger partial charge in [0.2, 0.25) is 0 Å². The SMILES string of the molecule is c1ccc2cc(-c3cc4c(s3)c3cc(-c5ccc6ccccc6c5)sc3c3cc(-c5ccc6ccccc6c5)sc43)ccc2c1. The van der Waals surface area contributed by atoms with Gasteiger partial charge in [-0.3, -0.25) is 0 Å². The Morgan fingerprint density at radius 1 is 0.267 bits per heavy atom. The van der Waals surface area contributed by atoms with E-state index in [1.807, 2.05) is 34.0 Å². The van der Waals surface area contributed by atoms with E-state index < -0.39 is 0 Å². The standard InChI is InChI=1S/C42H24S3/c1-4-10-28-19-31(16-13-25(28)7-1)37-22-34-40(43-37)35-23-38(32-17-14-26-8-2-5-11-29(26)20-32)45-42(35)36-24-39(44-41(34)36)33-18-15-27-9-3-6-12-30(27)21-33/h1-24H. The molecule has 0 aliphatic rings. The molecular formula is C42H24S3. The van der Waals surface area contributed by atoms with E-state index in [1.54, 1.807) is 0 Å². The molecule has 0 saturated carbocycles. The summed E-state index contributed by atoms with van der Waals surface area (Å²) in [7, 11) is 0. The molecule has 0 spiro atoms. The quantitative estimate of drug-likeness (QED) is 0.183. The minimum atomic E-state index is 1.28. The molecule has 3 heterocycles. The smallest absolute Gasteiger partial charge is 0.0451 e. The van der Waals surface area contributed by atoms with Crippen LogP contribution in [-0.4, -0.2) is 0 Å². The largest absolute Gasteiger partial charge is 0.134 e. The first-order chi connectivity index (χ1) is 22.2. The third kappa shape index (κ3) is 4.09. The van der Waals surface area contributed by atoms with Crippen molar-refractivity contribution in [3.8, 4) is 31.3 Å². The summed E-state index contributed by atoms with van der Waals surface area (Å²) in [6.07, 6.45) is 0. The molecule has 3 aromatic heterocycles. The predicted octanol–water partition coefficient (Wildman–Crippen LogP) is 13.8. The van der Waals surface area contributed by atoms with Crippen molar-refractivity contribution in [2.24, 2.45) is 0 Å². The van der Waals surface area contributed by atoms with Crippen molar-refractivity contribution in [1.29, 1.82) is 0 Å². The van der Waals surface area contributed by atoms with Crippen LogP contribution in [-0.2, 0) is 0 Å². The fourth-order valence-corrected chi connectivity index (χ4v) is 10.5. The monoisotopic (exact) mass is 624 g/mol. The zero-order valence-corrected chi connectivity index (χ0v) is 26.5. The number of hydrogen-bond donors (Lipinski definition) is 0. The van der Waals surface area contributed by atoms with Crippen molar-refractivity contribution in [2.75, 3.05) is 0 Å². The van der Waals surface area contributed by atoms with Gasteiger partial charge in [0, 0.05) is 44.9 Å². The second-order valence-electron chi connectivity index (χ2n) is 11.7. The Morgan fingerprint density at radius 3 is 0.867 bits per heavy atom. The van der Waals surface area contributed by atoms with E-state index in [2.05, 4.69) is 146 Å². The molecule has 210 valence electrons. The average Bonchev–Trinajstić information content (AvgIpc) is 3.85. The van der Waals surface area contributed by atoms with E-state index in [9.17, 15) is 0 Å². The summed E-state index contributed by atoms with van der Waals surface area (Å²) < 4.78 is 4.16. The Morgan fingerprint density at radius 2 is 0.556 bits per heavy atom. The molecule has 0 aliphatic heterocycles. The van der Waals surface area contributed by atoms with E-state index >= 15 is 0 Å². The minimum absolute atomic E-state index is 1.28. The predicted molar refractivity (Wildman–Crippen MR) is 201 cm³/mol. The van der Waals surface area contributed by atoms with Crippen molar-refractivity contribution in [2.45, 2.75) is 0 Å². The number of hydrogen-bond acceptors (Lipinski definition) is 3. The second-order valence-corrected chi connectivity index (χ2v) is 14.9. The molecule has 0 N–H and O–H groups in total. The Kier molecular flexibility index (Phi) is 5.59. The van der Waals surface area contributed by atoms with Crippen molar-refractivity contribution >= 4 is 96.6 Å². The number of fused-ring (bicyclic) bond motifs is 9. The number of thiophene rings is 3. The molecule has 0 atom stereocenters. The van der Waals surface area contributed by atoms with Crippen LogP contribution < -0.4 is 0 Å². The van der Waals surface area contributed by atoms with Crippen LogP contribution in [0.4, 0.5) is 0 Å². The van der Waals surface area contributed by atoms with Crippen LogP contribution in [0.5, 0.6) is 0 Å². The average molecular weight is 625 g/mol. The fraction of sp³-hybridized carbons (Fsp3) is 0. The maximum Gasteiger partial charge on any atom is 0.0451 e. The van der Waals surface area contributed by atoms with Crippen molar-refractivity contribution in [3.63, 3.8) is 0 Å². The van der Waals surface area contributed by atoms with Gasteiger partial charge in [0.25, 0.3) is 0 Å². The lowest BCUT2D eigenvalue weighted by atomic mass is 10.0. The number of rotatable bonds is 3. The van der Waals surface area contributed by atoms with Gasteiger partial charge < -0.3 is 0 Å². The number of benzene rings is 7. The van der Waals surface area contributed by atoms with Crippen LogP contribution >= 0.6 is 34.0 Å². The lowest BCUT2D eigenvalue weighted by molar-refractivity contribution is 1.74. The lowest BCUT2D eigenvalue weighted by Gasteiger charge is -2.01. The van der Waals surface area contributed by atoms with Gasteiger partial charge in [0.15, 0.2) is 0 Å².